The molecule has 16 nitrogen and oxygen atoms in total. The third kappa shape index (κ3) is 7.30. The average molecular weight is 824 g/mol. The number of benzene rings is 2. The highest BCUT2D eigenvalue weighted by Crippen LogP contribution is 2.44. The summed E-state index contributed by atoms with van der Waals surface area (Å²) in [5.74, 6) is 0.742. The van der Waals surface area contributed by atoms with Crippen LogP contribution in [-0.2, 0) is 25.8 Å². The number of hydrogen-bond acceptors (Lipinski definition) is 9. The van der Waals surface area contributed by atoms with Crippen molar-refractivity contribution in [3.8, 4) is 39.5 Å². The summed E-state index contributed by atoms with van der Waals surface area (Å²) in [6.45, 7) is 8.68. The lowest BCUT2D eigenvalue weighted by molar-refractivity contribution is -0.136. The van der Waals surface area contributed by atoms with Gasteiger partial charge in [0.25, 0.3) is 0 Å². The number of imidazole rings is 2. The molecule has 2 saturated heterocycles. The number of amides is 4. The lowest BCUT2D eigenvalue weighted by Crippen LogP contribution is -2.51. The Morgan fingerprint density at radius 3 is 1.82 bits per heavy atom. The van der Waals surface area contributed by atoms with Crippen LogP contribution in [0.5, 0.6) is 5.75 Å². The largest absolute Gasteiger partial charge is 0.472 e. The van der Waals surface area contributed by atoms with Crippen molar-refractivity contribution in [3.05, 3.63) is 66.3 Å². The summed E-state index contributed by atoms with van der Waals surface area (Å²) < 4.78 is 34.1. The zero-order valence-corrected chi connectivity index (χ0v) is 34.5. The van der Waals surface area contributed by atoms with E-state index in [0.717, 1.165) is 36.1 Å². The van der Waals surface area contributed by atoms with Gasteiger partial charge in [-0.05, 0) is 61.8 Å². The fourth-order valence-corrected chi connectivity index (χ4v) is 8.71. The second kappa shape index (κ2) is 16.3. The molecule has 4 amide bonds. The molecule has 4 N–H and O–H groups in total. The van der Waals surface area contributed by atoms with Gasteiger partial charge >= 0.3 is 12.2 Å². The lowest BCUT2D eigenvalue weighted by atomic mass is 10.0. The van der Waals surface area contributed by atoms with E-state index in [-0.39, 0.29) is 48.3 Å². The number of methoxy groups -OCH3 is 2. The number of likely N-dealkylation sites (tertiary alicyclic amines) is 2. The number of aromatic nitrogens is 5. The lowest BCUT2D eigenvalue weighted by Gasteiger charge is -2.30. The van der Waals surface area contributed by atoms with Gasteiger partial charge < -0.3 is 49.2 Å². The molecule has 0 bridgehead atoms. The summed E-state index contributed by atoms with van der Waals surface area (Å²) >= 11 is 0. The molecule has 4 atom stereocenters. The smallest absolute Gasteiger partial charge is 0.407 e. The van der Waals surface area contributed by atoms with Crippen molar-refractivity contribution < 1.29 is 37.8 Å². The first kappa shape index (κ1) is 40.4. The average Bonchev–Trinajstić information content (AvgIpc) is 4.11. The van der Waals surface area contributed by atoms with E-state index in [4.69, 9.17) is 14.2 Å². The third-order valence-corrected chi connectivity index (χ3v) is 11.9. The van der Waals surface area contributed by atoms with Crippen LogP contribution >= 0.6 is 0 Å². The highest BCUT2D eigenvalue weighted by Gasteiger charge is 2.39. The van der Waals surface area contributed by atoms with E-state index in [0.29, 0.717) is 64.8 Å². The second-order valence-corrected chi connectivity index (χ2v) is 16.3. The van der Waals surface area contributed by atoms with E-state index >= 15 is 4.39 Å². The summed E-state index contributed by atoms with van der Waals surface area (Å²) in [4.78, 5) is 70.9. The molecule has 0 radical (unpaired) electrons. The van der Waals surface area contributed by atoms with Gasteiger partial charge in [-0.15, -0.1) is 0 Å². The molecule has 60 heavy (non-hydrogen) atoms. The molecule has 6 heterocycles. The van der Waals surface area contributed by atoms with Crippen molar-refractivity contribution in [2.24, 2.45) is 11.8 Å². The minimum atomic E-state index is -0.743. The molecule has 3 aromatic heterocycles. The Kier molecular flexibility index (Phi) is 11.0. The zero-order chi connectivity index (χ0) is 42.4. The van der Waals surface area contributed by atoms with E-state index in [1.165, 1.54) is 14.2 Å². The van der Waals surface area contributed by atoms with Crippen molar-refractivity contribution in [2.75, 3.05) is 27.3 Å². The predicted octanol–water partition coefficient (Wildman–Crippen LogP) is 6.67. The Morgan fingerprint density at radius 2 is 1.30 bits per heavy atom. The number of halogens is 1. The number of fused-ring (bicyclic) bond motifs is 5. The molecule has 3 aliphatic heterocycles. The molecular weight excluding hydrogens is 774 g/mol. The first-order chi connectivity index (χ1) is 28.9. The first-order valence-electron chi connectivity index (χ1n) is 20.4. The third-order valence-electron chi connectivity index (χ3n) is 11.9. The van der Waals surface area contributed by atoms with Crippen molar-refractivity contribution in [2.45, 2.75) is 84.3 Å². The molecule has 316 valence electrons. The van der Waals surface area contributed by atoms with E-state index < -0.39 is 24.3 Å². The van der Waals surface area contributed by atoms with Gasteiger partial charge in [0.15, 0.2) is 12.5 Å². The standard InChI is InChI=1S/C43H50FN9O7/c1-22(2)35(49-42(56)58-5)40(54)51-15-7-9-31(51)38-45-19-28(47-38)24-12-14-30-27(17-24)34(44)37-26-13-11-25(18-33(26)60-21-53(30)37)29-20-46-39(48-29)32-10-8-16-52(32)41(55)36(23(3)4)50-43(57)59-6/h11-14,17-20,22-23,31-32,35-36H,7-10,15-16,21H2,1-6H3,(H,45,47)(H,46,48)(H,49,56)(H,50,57)/t31-,32-,35-,36-/m0/s1. The molecule has 0 unspecified atom stereocenters. The number of nitrogens with one attached hydrogen (secondary N) is 4. The fraction of sp³-hybridized carbons (Fsp3) is 0.442. The number of hydrogen-bond donors (Lipinski definition) is 4. The molecular formula is C43H50FN9O7. The number of ether oxygens (including phenoxy) is 3. The molecule has 17 heteroatoms. The van der Waals surface area contributed by atoms with E-state index in [2.05, 4.69) is 30.6 Å². The maximum absolute atomic E-state index is 16.6. The van der Waals surface area contributed by atoms with Crippen LogP contribution in [0.4, 0.5) is 14.0 Å². The molecule has 0 spiro atoms. The Balaban J connectivity index is 1.01. The Morgan fingerprint density at radius 1 is 0.783 bits per heavy atom. The van der Waals surface area contributed by atoms with Crippen LogP contribution in [0, 0.1) is 17.7 Å². The number of carbonyl (C=O) groups excluding carboxylic acids is 4. The minimum Gasteiger partial charge on any atom is -0.472 e. The monoisotopic (exact) mass is 823 g/mol. The highest BCUT2D eigenvalue weighted by atomic mass is 19.1. The summed E-state index contributed by atoms with van der Waals surface area (Å²) in [7, 11) is 2.54. The minimum absolute atomic E-state index is 0.109. The number of nitrogens with zero attached hydrogens (tertiary/aromatic N) is 5. The Bertz CT molecular complexity index is 2450. The Labute approximate surface area is 346 Å². The van der Waals surface area contributed by atoms with Crippen LogP contribution in [0.25, 0.3) is 44.7 Å². The Hall–Kier alpha value is -6.39. The van der Waals surface area contributed by atoms with Gasteiger partial charge in [0, 0.05) is 35.2 Å². The number of carbonyl (C=O) groups is 4. The summed E-state index contributed by atoms with van der Waals surface area (Å²) in [6.07, 6.45) is 5.12. The molecule has 2 fully saturated rings. The highest BCUT2D eigenvalue weighted by molar-refractivity contribution is 5.93. The van der Waals surface area contributed by atoms with Crippen LogP contribution < -0.4 is 15.4 Å². The van der Waals surface area contributed by atoms with Crippen LogP contribution in [0.2, 0.25) is 0 Å². The van der Waals surface area contributed by atoms with Crippen LogP contribution in [0.3, 0.4) is 0 Å². The van der Waals surface area contributed by atoms with Gasteiger partial charge in [-0.3, -0.25) is 9.59 Å². The van der Waals surface area contributed by atoms with Crippen LogP contribution in [0.1, 0.15) is 77.1 Å². The van der Waals surface area contributed by atoms with E-state index in [9.17, 15) is 19.2 Å². The SMILES string of the molecule is COC(=O)N[C@H](C(=O)N1CCC[C@H]1c1ncc(-c2ccc3c(c2)OCn2c-3c(F)c3cc(-c4cnc([C@@H]5CCCN5C(=O)[C@@H](NC(=O)OC)C(C)C)[nH]4)ccc32)[nH]1)C(C)C. The molecule has 0 aliphatic carbocycles. The van der Waals surface area contributed by atoms with Gasteiger partial charge in [0.2, 0.25) is 11.8 Å². The topological polar surface area (TPSA) is 189 Å². The quantitative estimate of drug-likeness (QED) is 0.119. The summed E-state index contributed by atoms with van der Waals surface area (Å²) in [5, 5.41) is 5.78. The first-order valence-corrected chi connectivity index (χ1v) is 20.4. The normalized spacial score (nSPS) is 18.3. The molecule has 0 saturated carbocycles. The fourth-order valence-electron chi connectivity index (χ4n) is 8.71. The molecule has 3 aliphatic rings. The predicted molar refractivity (Wildman–Crippen MR) is 219 cm³/mol. The maximum Gasteiger partial charge on any atom is 0.407 e. The van der Waals surface area contributed by atoms with E-state index in [1.54, 1.807) is 28.3 Å². The van der Waals surface area contributed by atoms with Gasteiger partial charge in [-0.25, -0.2) is 23.9 Å². The van der Waals surface area contributed by atoms with Crippen LogP contribution in [-0.4, -0.2) is 97.7 Å². The van der Waals surface area contributed by atoms with Crippen molar-refractivity contribution in [3.63, 3.8) is 0 Å². The molecule has 8 rings (SSSR count). The van der Waals surface area contributed by atoms with Crippen LogP contribution in [0.15, 0.2) is 48.8 Å². The second-order valence-electron chi connectivity index (χ2n) is 16.3. The van der Waals surface area contributed by atoms with E-state index in [1.807, 2.05) is 62.6 Å². The molecule has 5 aromatic rings. The van der Waals surface area contributed by atoms with Gasteiger partial charge in [-0.2, -0.15) is 0 Å². The number of aromatic amines is 2. The zero-order valence-electron chi connectivity index (χ0n) is 34.5. The van der Waals surface area contributed by atoms with Crippen molar-refractivity contribution in [1.29, 1.82) is 0 Å². The van der Waals surface area contributed by atoms with Crippen molar-refractivity contribution >= 4 is 34.9 Å². The number of rotatable bonds is 10. The van der Waals surface area contributed by atoms with Gasteiger partial charge in [0.1, 0.15) is 29.5 Å². The van der Waals surface area contributed by atoms with Gasteiger partial charge in [0.05, 0.1) is 61.3 Å². The molecule has 2 aromatic carbocycles. The van der Waals surface area contributed by atoms with Gasteiger partial charge in [-0.1, -0.05) is 39.8 Å². The summed E-state index contributed by atoms with van der Waals surface area (Å²) in [5.41, 5.74) is 4.65. The number of alkyl carbamates (subject to hydrolysis) is 2. The number of H-pyrrole nitrogens is 2. The maximum atomic E-state index is 16.6. The van der Waals surface area contributed by atoms with Crippen molar-refractivity contribution in [1.82, 2.24) is 44.9 Å². The summed E-state index contributed by atoms with van der Waals surface area (Å²) in [6, 6.07) is 9.11.